The molecule has 0 radical (unpaired) electrons. The Hall–Kier alpha value is -0.910. The highest BCUT2D eigenvalue weighted by atomic mass is 35.5. The van der Waals surface area contributed by atoms with E-state index in [9.17, 15) is 4.39 Å². The lowest BCUT2D eigenvalue weighted by Crippen LogP contribution is -1.92. The summed E-state index contributed by atoms with van der Waals surface area (Å²) in [6.45, 7) is 0. The van der Waals surface area contributed by atoms with Crippen molar-refractivity contribution in [3.63, 3.8) is 0 Å². The molecule has 0 amide bonds. The fraction of sp³-hybridized carbons (Fsp3) is 0. The van der Waals surface area contributed by atoms with Crippen molar-refractivity contribution < 1.29 is 4.39 Å². The fourth-order valence-electron chi connectivity index (χ4n) is 0.977. The minimum atomic E-state index is -0.349. The molecule has 0 saturated carbocycles. The van der Waals surface area contributed by atoms with Crippen molar-refractivity contribution in [3.8, 4) is 0 Å². The summed E-state index contributed by atoms with van der Waals surface area (Å²) in [5.41, 5.74) is 0. The van der Waals surface area contributed by atoms with E-state index in [0.717, 1.165) is 11.8 Å². The van der Waals surface area contributed by atoms with Crippen LogP contribution in [-0.4, -0.2) is 15.2 Å². The Labute approximate surface area is 105 Å². The van der Waals surface area contributed by atoms with Crippen LogP contribution in [0.25, 0.3) is 0 Å². The fourth-order valence-corrected chi connectivity index (χ4v) is 2.12. The Morgan fingerprint density at radius 1 is 1.12 bits per heavy atom. The predicted molar refractivity (Wildman–Crippen MR) is 60.4 cm³/mol. The van der Waals surface area contributed by atoms with Gasteiger partial charge in [0.25, 0.3) is 0 Å². The largest absolute Gasteiger partial charge is 0.244 e. The first-order valence-corrected chi connectivity index (χ1v) is 5.72. The van der Waals surface area contributed by atoms with Crippen LogP contribution < -0.4 is 0 Å². The van der Waals surface area contributed by atoms with Crippen molar-refractivity contribution in [2.24, 2.45) is 0 Å². The molecule has 0 aliphatic heterocycles. The highest BCUT2D eigenvalue weighted by Crippen LogP contribution is 2.32. The third kappa shape index (κ3) is 2.61. The lowest BCUT2D eigenvalue weighted by atomic mass is 10.3. The predicted octanol–water partition coefficient (Wildman–Crippen LogP) is 3.47. The Kier molecular flexibility index (Phi) is 3.58. The molecule has 0 fully saturated rings. The van der Waals surface area contributed by atoms with Crippen molar-refractivity contribution in [1.82, 2.24) is 15.2 Å². The summed E-state index contributed by atoms with van der Waals surface area (Å²) >= 11 is 12.4. The third-order valence-corrected chi connectivity index (χ3v) is 3.19. The molecular formula is C9H4Cl2FN3S. The van der Waals surface area contributed by atoms with E-state index in [1.165, 1.54) is 6.07 Å². The molecule has 0 bridgehead atoms. The summed E-state index contributed by atoms with van der Waals surface area (Å²) in [4.78, 5) is 4.27. The van der Waals surface area contributed by atoms with Crippen LogP contribution in [0.3, 0.4) is 0 Å². The van der Waals surface area contributed by atoms with Crippen LogP contribution in [-0.2, 0) is 0 Å². The number of nitrogens with zero attached hydrogens (tertiary/aromatic N) is 3. The second kappa shape index (κ2) is 4.95. The second-order valence-corrected chi connectivity index (χ2v) is 4.44. The Bertz CT molecular complexity index is 524. The van der Waals surface area contributed by atoms with Gasteiger partial charge in [-0.1, -0.05) is 35.5 Å². The minimum Gasteiger partial charge on any atom is -0.206 e. The highest BCUT2D eigenvalue weighted by Gasteiger charge is 2.10. The van der Waals surface area contributed by atoms with Gasteiger partial charge in [0.15, 0.2) is 5.15 Å². The van der Waals surface area contributed by atoms with Gasteiger partial charge < -0.3 is 0 Å². The van der Waals surface area contributed by atoms with E-state index < -0.39 is 0 Å². The molecule has 0 atom stereocenters. The van der Waals surface area contributed by atoms with Crippen LogP contribution in [0.2, 0.25) is 10.4 Å². The molecule has 7 heteroatoms. The molecular weight excluding hydrogens is 272 g/mol. The molecule has 82 valence electrons. The standard InChI is InChI=1S/C9H4Cl2FN3S/c10-7-8(13-9(11)15-14-7)16-6-4-2-1-3-5(6)12/h1-4H. The molecule has 0 saturated heterocycles. The van der Waals surface area contributed by atoms with Crippen LogP contribution in [0.5, 0.6) is 0 Å². The van der Waals surface area contributed by atoms with Gasteiger partial charge in [0.1, 0.15) is 10.8 Å². The van der Waals surface area contributed by atoms with Crippen molar-refractivity contribution in [1.29, 1.82) is 0 Å². The topological polar surface area (TPSA) is 38.7 Å². The number of aromatic nitrogens is 3. The zero-order valence-corrected chi connectivity index (χ0v) is 10.0. The molecule has 2 rings (SSSR count). The summed E-state index contributed by atoms with van der Waals surface area (Å²) in [6, 6.07) is 6.29. The van der Waals surface area contributed by atoms with Crippen LogP contribution in [0.4, 0.5) is 4.39 Å². The van der Waals surface area contributed by atoms with Crippen LogP contribution in [0.1, 0.15) is 0 Å². The first kappa shape index (κ1) is 11.6. The molecule has 3 nitrogen and oxygen atoms in total. The second-order valence-electron chi connectivity index (χ2n) is 2.71. The van der Waals surface area contributed by atoms with E-state index in [1.54, 1.807) is 18.2 Å². The molecule has 1 aromatic heterocycles. The van der Waals surface area contributed by atoms with Gasteiger partial charge in [-0.25, -0.2) is 9.37 Å². The molecule has 1 heterocycles. The van der Waals surface area contributed by atoms with E-state index >= 15 is 0 Å². The molecule has 0 unspecified atom stereocenters. The zero-order chi connectivity index (χ0) is 11.5. The van der Waals surface area contributed by atoms with Gasteiger partial charge in [-0.15, -0.1) is 10.2 Å². The van der Waals surface area contributed by atoms with Gasteiger partial charge in [0, 0.05) is 4.90 Å². The molecule has 0 aliphatic rings. The van der Waals surface area contributed by atoms with Crippen LogP contribution in [0.15, 0.2) is 34.2 Å². The normalized spacial score (nSPS) is 10.4. The number of benzene rings is 1. The number of hydrogen-bond acceptors (Lipinski definition) is 4. The minimum absolute atomic E-state index is 0.0248. The smallest absolute Gasteiger partial charge is 0.206 e. The van der Waals surface area contributed by atoms with E-state index in [0.29, 0.717) is 9.92 Å². The maximum Gasteiger partial charge on any atom is 0.244 e. The Balaban J connectivity index is 2.34. The molecule has 0 aliphatic carbocycles. The van der Waals surface area contributed by atoms with E-state index in [-0.39, 0.29) is 16.3 Å². The SMILES string of the molecule is Fc1ccccc1Sc1nc(Cl)nnc1Cl. The lowest BCUT2D eigenvalue weighted by molar-refractivity contribution is 0.602. The van der Waals surface area contributed by atoms with Gasteiger partial charge in [-0.3, -0.25) is 0 Å². The summed E-state index contributed by atoms with van der Waals surface area (Å²) in [5.74, 6) is -0.349. The van der Waals surface area contributed by atoms with Gasteiger partial charge >= 0.3 is 0 Å². The Morgan fingerprint density at radius 3 is 2.62 bits per heavy atom. The number of rotatable bonds is 2. The molecule has 0 N–H and O–H groups in total. The van der Waals surface area contributed by atoms with Crippen LogP contribution >= 0.6 is 35.0 Å². The average molecular weight is 276 g/mol. The lowest BCUT2D eigenvalue weighted by Gasteiger charge is -2.02. The summed E-state index contributed by atoms with van der Waals surface area (Å²) in [5, 5.41) is 7.45. The van der Waals surface area contributed by atoms with E-state index in [1.807, 2.05) is 0 Å². The maximum absolute atomic E-state index is 13.3. The summed E-state index contributed by atoms with van der Waals surface area (Å²) in [7, 11) is 0. The third-order valence-electron chi connectivity index (χ3n) is 1.63. The van der Waals surface area contributed by atoms with E-state index in [4.69, 9.17) is 23.2 Å². The van der Waals surface area contributed by atoms with Gasteiger partial charge in [-0.05, 0) is 23.7 Å². The monoisotopic (exact) mass is 275 g/mol. The number of halogens is 3. The van der Waals surface area contributed by atoms with Crippen LogP contribution in [0, 0.1) is 5.82 Å². The first-order chi connectivity index (χ1) is 7.66. The maximum atomic E-state index is 13.3. The molecule has 1 aromatic carbocycles. The van der Waals surface area contributed by atoms with E-state index in [2.05, 4.69) is 15.2 Å². The summed E-state index contributed by atoms with van der Waals surface area (Å²) < 4.78 is 13.3. The first-order valence-electron chi connectivity index (χ1n) is 4.15. The van der Waals surface area contributed by atoms with Crippen molar-refractivity contribution >= 4 is 35.0 Å². The van der Waals surface area contributed by atoms with Gasteiger partial charge in [-0.2, -0.15) is 0 Å². The molecule has 16 heavy (non-hydrogen) atoms. The summed E-state index contributed by atoms with van der Waals surface area (Å²) in [6.07, 6.45) is 0. The van der Waals surface area contributed by atoms with Gasteiger partial charge in [0.05, 0.1) is 0 Å². The van der Waals surface area contributed by atoms with Crippen molar-refractivity contribution in [3.05, 3.63) is 40.5 Å². The van der Waals surface area contributed by atoms with Crippen molar-refractivity contribution in [2.75, 3.05) is 0 Å². The molecule has 0 spiro atoms. The highest BCUT2D eigenvalue weighted by molar-refractivity contribution is 7.99. The average Bonchev–Trinajstić information content (AvgIpc) is 2.27. The quantitative estimate of drug-likeness (QED) is 0.841. The van der Waals surface area contributed by atoms with Gasteiger partial charge in [0.2, 0.25) is 5.28 Å². The zero-order valence-electron chi connectivity index (χ0n) is 7.69. The van der Waals surface area contributed by atoms with Crippen molar-refractivity contribution in [2.45, 2.75) is 9.92 Å². The Morgan fingerprint density at radius 2 is 1.88 bits per heavy atom. The number of hydrogen-bond donors (Lipinski definition) is 0. The molecule has 2 aromatic rings.